The average molecular weight is 263 g/mol. The van der Waals surface area contributed by atoms with Gasteiger partial charge in [-0.1, -0.05) is 6.92 Å². The van der Waals surface area contributed by atoms with Crippen LogP contribution < -0.4 is 5.14 Å². The first-order valence-electron chi connectivity index (χ1n) is 4.66. The lowest BCUT2D eigenvalue weighted by atomic mass is 10.3. The third kappa shape index (κ3) is 2.81. The van der Waals surface area contributed by atoms with Crippen LogP contribution in [0.1, 0.15) is 28.6 Å². The summed E-state index contributed by atoms with van der Waals surface area (Å²) in [5.41, 5.74) is 0.0263. The molecule has 1 heterocycles. The fourth-order valence-electron chi connectivity index (χ4n) is 1.21. The molecule has 1 aromatic heterocycles. The number of carbonyl (C=O) groups is 1. The zero-order valence-electron chi connectivity index (χ0n) is 9.02. The van der Waals surface area contributed by atoms with Crippen molar-refractivity contribution < 1.29 is 17.9 Å². The smallest absolute Gasteiger partial charge is 0.340 e. The maximum absolute atomic E-state index is 11.5. The normalized spacial score (nSPS) is 11.4. The van der Waals surface area contributed by atoms with Crippen LogP contribution in [0.5, 0.6) is 0 Å². The van der Waals surface area contributed by atoms with E-state index in [1.165, 1.54) is 5.38 Å². The Balaban J connectivity index is 3.11. The molecule has 0 unspecified atom stereocenters. The lowest BCUT2D eigenvalue weighted by molar-refractivity contribution is 0.0501. The van der Waals surface area contributed by atoms with Crippen molar-refractivity contribution in [3.63, 3.8) is 0 Å². The summed E-state index contributed by atoms with van der Waals surface area (Å²) >= 11 is 1.16. The van der Waals surface area contributed by atoms with E-state index in [0.29, 0.717) is 11.3 Å². The van der Waals surface area contributed by atoms with E-state index in [0.717, 1.165) is 11.3 Å². The molecule has 0 amide bonds. The number of rotatable bonds is 4. The van der Waals surface area contributed by atoms with Crippen LogP contribution in [0.2, 0.25) is 0 Å². The molecule has 0 aliphatic rings. The van der Waals surface area contributed by atoms with E-state index in [2.05, 4.69) is 0 Å². The molecule has 0 fully saturated rings. The number of thiophene rings is 1. The van der Waals surface area contributed by atoms with Gasteiger partial charge in [0.25, 0.3) is 0 Å². The molecule has 0 radical (unpaired) electrons. The highest BCUT2D eigenvalue weighted by atomic mass is 32.2. The van der Waals surface area contributed by atoms with Gasteiger partial charge in [-0.05, 0) is 13.3 Å². The number of ether oxygens (including phenoxy) is 1. The molecule has 0 aromatic carbocycles. The molecule has 0 aliphatic heterocycles. The minimum absolute atomic E-state index is 0.0263. The second kappa shape index (κ2) is 4.94. The highest BCUT2D eigenvalue weighted by Crippen LogP contribution is 2.26. The SMILES string of the molecule is CCCOC(=O)c1csc(C)c1S(N)(=O)=O. The fourth-order valence-corrected chi connectivity index (χ4v) is 3.35. The van der Waals surface area contributed by atoms with Crippen molar-refractivity contribution in [3.05, 3.63) is 15.8 Å². The Bertz CT molecular complexity index is 490. The van der Waals surface area contributed by atoms with Gasteiger partial charge in [-0.15, -0.1) is 11.3 Å². The monoisotopic (exact) mass is 263 g/mol. The fraction of sp³-hybridized carbons (Fsp3) is 0.444. The molecule has 0 aliphatic carbocycles. The summed E-state index contributed by atoms with van der Waals surface area (Å²) in [6.45, 7) is 3.71. The molecule has 0 saturated heterocycles. The number of carbonyl (C=O) groups excluding carboxylic acids is 1. The first kappa shape index (κ1) is 13.1. The van der Waals surface area contributed by atoms with Gasteiger partial charge in [0, 0.05) is 10.3 Å². The van der Waals surface area contributed by atoms with Crippen LogP contribution in [0, 0.1) is 6.92 Å². The Hall–Kier alpha value is -0.920. The molecule has 0 atom stereocenters. The number of aryl methyl sites for hydroxylation is 1. The molecule has 0 bridgehead atoms. The quantitative estimate of drug-likeness (QED) is 0.829. The summed E-state index contributed by atoms with van der Waals surface area (Å²) in [7, 11) is -3.88. The van der Waals surface area contributed by atoms with Gasteiger partial charge in [0.2, 0.25) is 10.0 Å². The Morgan fingerprint density at radius 3 is 2.69 bits per heavy atom. The standard InChI is InChI=1S/C9H13NO4S2/c1-3-4-14-9(11)7-5-15-6(2)8(7)16(10,12)13/h5H,3-4H2,1-2H3,(H2,10,12,13). The molecular weight excluding hydrogens is 250 g/mol. The minimum Gasteiger partial charge on any atom is -0.462 e. The maximum atomic E-state index is 11.5. The molecule has 16 heavy (non-hydrogen) atoms. The van der Waals surface area contributed by atoms with Gasteiger partial charge >= 0.3 is 5.97 Å². The van der Waals surface area contributed by atoms with Crippen molar-refractivity contribution >= 4 is 27.3 Å². The van der Waals surface area contributed by atoms with Crippen molar-refractivity contribution in [3.8, 4) is 0 Å². The Labute approximate surface area is 98.3 Å². The van der Waals surface area contributed by atoms with Gasteiger partial charge in [0.15, 0.2) is 0 Å². The summed E-state index contributed by atoms with van der Waals surface area (Å²) in [6.07, 6.45) is 0.680. The van der Waals surface area contributed by atoms with Crippen LogP contribution >= 0.6 is 11.3 Å². The maximum Gasteiger partial charge on any atom is 0.340 e. The van der Waals surface area contributed by atoms with E-state index in [1.54, 1.807) is 6.92 Å². The molecule has 7 heteroatoms. The Morgan fingerprint density at radius 2 is 2.19 bits per heavy atom. The summed E-state index contributed by atoms with van der Waals surface area (Å²) in [4.78, 5) is 11.9. The highest BCUT2D eigenvalue weighted by Gasteiger charge is 2.24. The van der Waals surface area contributed by atoms with E-state index < -0.39 is 16.0 Å². The van der Waals surface area contributed by atoms with Crippen LogP contribution in [0.4, 0.5) is 0 Å². The first-order valence-corrected chi connectivity index (χ1v) is 7.08. The van der Waals surface area contributed by atoms with Crippen molar-refractivity contribution in [2.45, 2.75) is 25.2 Å². The number of primary sulfonamides is 1. The van der Waals surface area contributed by atoms with Crippen LogP contribution in [0.15, 0.2) is 10.3 Å². The van der Waals surface area contributed by atoms with Crippen molar-refractivity contribution in [1.82, 2.24) is 0 Å². The van der Waals surface area contributed by atoms with E-state index in [1.807, 2.05) is 6.92 Å². The molecule has 1 aromatic rings. The number of sulfonamides is 1. The summed E-state index contributed by atoms with van der Waals surface area (Å²) in [5.74, 6) is -0.643. The zero-order chi connectivity index (χ0) is 12.3. The van der Waals surface area contributed by atoms with Crippen LogP contribution in [0.25, 0.3) is 0 Å². The van der Waals surface area contributed by atoms with Crippen LogP contribution in [0.3, 0.4) is 0 Å². The van der Waals surface area contributed by atoms with E-state index in [9.17, 15) is 13.2 Å². The van der Waals surface area contributed by atoms with Gasteiger partial charge in [-0.3, -0.25) is 0 Å². The molecule has 90 valence electrons. The third-order valence-electron chi connectivity index (χ3n) is 1.86. The molecule has 1 rings (SSSR count). The first-order chi connectivity index (χ1) is 7.38. The van der Waals surface area contributed by atoms with Crippen molar-refractivity contribution in [2.24, 2.45) is 5.14 Å². The minimum atomic E-state index is -3.88. The Morgan fingerprint density at radius 1 is 1.56 bits per heavy atom. The molecular formula is C9H13NO4S2. The number of hydrogen-bond acceptors (Lipinski definition) is 5. The van der Waals surface area contributed by atoms with Crippen LogP contribution in [-0.2, 0) is 14.8 Å². The third-order valence-corrected chi connectivity index (χ3v) is 4.00. The van der Waals surface area contributed by atoms with E-state index in [-0.39, 0.29) is 17.1 Å². The van der Waals surface area contributed by atoms with Gasteiger partial charge in [-0.25, -0.2) is 18.4 Å². The summed E-state index contributed by atoms with van der Waals surface area (Å²) in [6, 6.07) is 0. The van der Waals surface area contributed by atoms with Gasteiger partial charge in [0.05, 0.1) is 12.2 Å². The van der Waals surface area contributed by atoms with E-state index in [4.69, 9.17) is 9.88 Å². The second-order valence-electron chi connectivity index (χ2n) is 3.22. The topological polar surface area (TPSA) is 86.5 Å². The van der Waals surface area contributed by atoms with Gasteiger partial charge in [-0.2, -0.15) is 0 Å². The number of nitrogens with two attached hydrogens (primary N) is 1. The number of hydrogen-bond donors (Lipinski definition) is 1. The lowest BCUT2D eigenvalue weighted by Crippen LogP contribution is -2.17. The molecule has 5 nitrogen and oxygen atoms in total. The predicted molar refractivity (Wildman–Crippen MR) is 61.0 cm³/mol. The van der Waals surface area contributed by atoms with Gasteiger partial charge < -0.3 is 4.74 Å². The summed E-state index contributed by atoms with van der Waals surface area (Å²) in [5, 5.41) is 6.49. The molecule has 0 spiro atoms. The largest absolute Gasteiger partial charge is 0.462 e. The van der Waals surface area contributed by atoms with Crippen LogP contribution in [-0.4, -0.2) is 21.0 Å². The lowest BCUT2D eigenvalue weighted by Gasteiger charge is -2.03. The average Bonchev–Trinajstić information content (AvgIpc) is 2.56. The molecule has 0 saturated carbocycles. The Kier molecular flexibility index (Phi) is 4.06. The predicted octanol–water partition coefficient (Wildman–Crippen LogP) is 1.27. The van der Waals surface area contributed by atoms with Gasteiger partial charge in [0.1, 0.15) is 4.90 Å². The summed E-state index contributed by atoms with van der Waals surface area (Å²) < 4.78 is 27.5. The zero-order valence-corrected chi connectivity index (χ0v) is 10.7. The molecule has 2 N–H and O–H groups in total. The van der Waals surface area contributed by atoms with Crippen molar-refractivity contribution in [2.75, 3.05) is 6.61 Å². The number of esters is 1. The second-order valence-corrected chi connectivity index (χ2v) is 5.80. The highest BCUT2D eigenvalue weighted by molar-refractivity contribution is 7.89. The van der Waals surface area contributed by atoms with Crippen molar-refractivity contribution in [1.29, 1.82) is 0 Å². The van der Waals surface area contributed by atoms with E-state index >= 15 is 0 Å².